The summed E-state index contributed by atoms with van der Waals surface area (Å²) in [6, 6.07) is 7.97. The van der Waals surface area contributed by atoms with Gasteiger partial charge in [-0.1, -0.05) is 40.6 Å². The van der Waals surface area contributed by atoms with Crippen LogP contribution >= 0.6 is 27.3 Å². The normalized spacial score (nSPS) is 15.2. The number of phenols is 1. The Labute approximate surface area is 229 Å². The van der Waals surface area contributed by atoms with Gasteiger partial charge < -0.3 is 14.6 Å². The van der Waals surface area contributed by atoms with Crippen molar-refractivity contribution < 1.29 is 24.3 Å². The molecule has 0 spiro atoms. The van der Waals surface area contributed by atoms with Gasteiger partial charge in [0.1, 0.15) is 17.5 Å². The first-order valence-electron chi connectivity index (χ1n) is 11.7. The molecule has 0 saturated heterocycles. The Hall–Kier alpha value is -3.77. The van der Waals surface area contributed by atoms with Crippen molar-refractivity contribution in [2.75, 3.05) is 13.7 Å². The molecule has 1 N–H and O–H groups in total. The number of nitro groups is 1. The highest BCUT2D eigenvalue weighted by atomic mass is 79.9. The zero-order valence-corrected chi connectivity index (χ0v) is 23.2. The molecule has 0 unspecified atom stereocenters. The minimum atomic E-state index is -0.903. The topological polar surface area (TPSA) is 133 Å². The van der Waals surface area contributed by atoms with Crippen LogP contribution in [0.5, 0.6) is 11.5 Å². The summed E-state index contributed by atoms with van der Waals surface area (Å²) in [4.78, 5) is 42.8. The molecular weight excluding hydrogens is 578 g/mol. The first kappa shape index (κ1) is 27.3. The monoisotopic (exact) mass is 601 g/mol. The van der Waals surface area contributed by atoms with Gasteiger partial charge in [0, 0.05) is 27.7 Å². The second-order valence-corrected chi connectivity index (χ2v) is 10.2. The van der Waals surface area contributed by atoms with Crippen molar-refractivity contribution in [1.82, 2.24) is 4.57 Å². The Morgan fingerprint density at radius 3 is 2.71 bits per heavy atom. The summed E-state index contributed by atoms with van der Waals surface area (Å²) >= 11 is 4.54. The summed E-state index contributed by atoms with van der Waals surface area (Å²) in [6.07, 6.45) is 2.55. The number of halogens is 1. The smallest absolute Gasteiger partial charge is 0.338 e. The van der Waals surface area contributed by atoms with Crippen LogP contribution < -0.4 is 19.6 Å². The Bertz CT molecular complexity index is 1640. The third-order valence-corrected chi connectivity index (χ3v) is 7.36. The lowest BCUT2D eigenvalue weighted by Gasteiger charge is -2.27. The number of rotatable bonds is 8. The maximum absolute atomic E-state index is 13.8. The Morgan fingerprint density at radius 2 is 2.05 bits per heavy atom. The van der Waals surface area contributed by atoms with Crippen LogP contribution in [0.15, 0.2) is 61.9 Å². The van der Waals surface area contributed by atoms with Crippen LogP contribution in [0.1, 0.15) is 43.9 Å². The zero-order chi connectivity index (χ0) is 27.6. The molecular formula is C26H24BrN3O7S. The Morgan fingerprint density at radius 1 is 1.29 bits per heavy atom. The average Bonchev–Trinajstić information content (AvgIpc) is 3.19. The SMILES string of the molecule is CCCC1=C(C(=O)OCC)[C@@H](c2cc(Br)ccc2OC)n2c(s/c(=C/c3cc([N+](=O)[O-])ccc3O)c2=O)=N1. The zero-order valence-electron chi connectivity index (χ0n) is 20.8. The molecule has 10 nitrogen and oxygen atoms in total. The Kier molecular flexibility index (Phi) is 8.12. The molecule has 0 fully saturated rings. The van der Waals surface area contributed by atoms with Crippen molar-refractivity contribution in [3.8, 4) is 11.5 Å². The molecule has 0 aliphatic carbocycles. The maximum atomic E-state index is 13.8. The number of fused-ring (bicyclic) bond motifs is 1. The maximum Gasteiger partial charge on any atom is 0.338 e. The summed E-state index contributed by atoms with van der Waals surface area (Å²) in [7, 11) is 1.50. The number of nitrogens with zero attached hydrogens (tertiary/aromatic N) is 3. The lowest BCUT2D eigenvalue weighted by Crippen LogP contribution is -2.40. The van der Waals surface area contributed by atoms with E-state index in [1.165, 1.54) is 36.0 Å². The lowest BCUT2D eigenvalue weighted by atomic mass is 9.93. The molecule has 3 aromatic rings. The van der Waals surface area contributed by atoms with Crippen molar-refractivity contribution in [3.05, 3.63) is 93.1 Å². The van der Waals surface area contributed by atoms with Gasteiger partial charge in [-0.05, 0) is 43.7 Å². The van der Waals surface area contributed by atoms with E-state index in [0.717, 1.165) is 11.3 Å². The molecule has 198 valence electrons. The van der Waals surface area contributed by atoms with Crippen molar-refractivity contribution in [2.24, 2.45) is 4.99 Å². The molecule has 0 amide bonds. The summed E-state index contributed by atoms with van der Waals surface area (Å²) in [6.45, 7) is 3.80. The van der Waals surface area contributed by atoms with E-state index in [1.54, 1.807) is 25.1 Å². The fourth-order valence-corrected chi connectivity index (χ4v) is 5.64. The first-order chi connectivity index (χ1) is 18.2. The van der Waals surface area contributed by atoms with E-state index in [2.05, 4.69) is 20.9 Å². The van der Waals surface area contributed by atoms with Gasteiger partial charge in [-0.25, -0.2) is 9.79 Å². The number of benzene rings is 2. The third-order valence-electron chi connectivity index (χ3n) is 5.89. The molecule has 4 rings (SSSR count). The van der Waals surface area contributed by atoms with Gasteiger partial charge in [-0.2, -0.15) is 0 Å². The van der Waals surface area contributed by atoms with Crippen LogP contribution in [0, 0.1) is 10.1 Å². The van der Waals surface area contributed by atoms with Gasteiger partial charge in [0.25, 0.3) is 11.2 Å². The highest BCUT2D eigenvalue weighted by Crippen LogP contribution is 2.38. The van der Waals surface area contributed by atoms with Crippen LogP contribution in [-0.2, 0) is 9.53 Å². The Balaban J connectivity index is 2.06. The molecule has 1 aliphatic rings. The predicted molar refractivity (Wildman–Crippen MR) is 145 cm³/mol. The average molecular weight is 602 g/mol. The number of methoxy groups -OCH3 is 1. The van der Waals surface area contributed by atoms with E-state index >= 15 is 0 Å². The van der Waals surface area contributed by atoms with E-state index in [4.69, 9.17) is 9.47 Å². The van der Waals surface area contributed by atoms with Crippen LogP contribution in [0.25, 0.3) is 6.08 Å². The molecule has 1 atom stereocenters. The predicted octanol–water partition coefficient (Wildman–Crippen LogP) is 3.96. The number of nitro benzene ring substituents is 1. The van der Waals surface area contributed by atoms with Crippen LogP contribution in [0.2, 0.25) is 0 Å². The number of allylic oxidation sites excluding steroid dienone is 1. The van der Waals surface area contributed by atoms with Gasteiger partial charge in [0.2, 0.25) is 0 Å². The fraction of sp³-hybridized carbons (Fsp3) is 0.269. The summed E-state index contributed by atoms with van der Waals surface area (Å²) in [5.41, 5.74) is 0.697. The van der Waals surface area contributed by atoms with Crippen molar-refractivity contribution in [3.63, 3.8) is 0 Å². The summed E-state index contributed by atoms with van der Waals surface area (Å²) < 4.78 is 13.3. The molecule has 12 heteroatoms. The molecule has 2 aromatic carbocycles. The number of aromatic nitrogens is 1. The van der Waals surface area contributed by atoms with E-state index < -0.39 is 22.5 Å². The molecule has 2 heterocycles. The lowest BCUT2D eigenvalue weighted by molar-refractivity contribution is -0.384. The highest BCUT2D eigenvalue weighted by molar-refractivity contribution is 9.10. The van der Waals surface area contributed by atoms with E-state index in [1.807, 2.05) is 6.92 Å². The largest absolute Gasteiger partial charge is 0.507 e. The molecule has 1 aromatic heterocycles. The number of hydrogen-bond donors (Lipinski definition) is 1. The van der Waals surface area contributed by atoms with Crippen LogP contribution in [-0.4, -0.2) is 34.3 Å². The highest BCUT2D eigenvalue weighted by Gasteiger charge is 2.36. The number of carbonyl (C=O) groups is 1. The summed E-state index contributed by atoms with van der Waals surface area (Å²) in [5.74, 6) is -0.341. The molecule has 0 radical (unpaired) electrons. The molecule has 0 bridgehead atoms. The minimum absolute atomic E-state index is 0.111. The minimum Gasteiger partial charge on any atom is -0.507 e. The number of aromatic hydroxyl groups is 1. The van der Waals surface area contributed by atoms with Gasteiger partial charge in [-0.3, -0.25) is 19.5 Å². The van der Waals surface area contributed by atoms with Crippen molar-refractivity contribution >= 4 is 45.0 Å². The van der Waals surface area contributed by atoms with Gasteiger partial charge in [0.05, 0.1) is 34.4 Å². The van der Waals surface area contributed by atoms with Crippen molar-refractivity contribution in [1.29, 1.82) is 0 Å². The van der Waals surface area contributed by atoms with Crippen LogP contribution in [0.4, 0.5) is 5.69 Å². The quantitative estimate of drug-likeness (QED) is 0.234. The van der Waals surface area contributed by atoms with Gasteiger partial charge in [0.15, 0.2) is 4.80 Å². The number of hydrogen-bond acceptors (Lipinski definition) is 9. The van der Waals surface area contributed by atoms with E-state index in [-0.39, 0.29) is 33.7 Å². The van der Waals surface area contributed by atoms with Gasteiger partial charge >= 0.3 is 5.97 Å². The molecule has 1 aliphatic heterocycles. The van der Waals surface area contributed by atoms with Crippen molar-refractivity contribution in [2.45, 2.75) is 32.7 Å². The van der Waals surface area contributed by atoms with Crippen LogP contribution in [0.3, 0.4) is 0 Å². The number of carbonyl (C=O) groups excluding carboxylic acids is 1. The number of thiazole rings is 1. The third kappa shape index (κ3) is 5.14. The molecule has 0 saturated carbocycles. The second kappa shape index (κ2) is 11.3. The van der Waals surface area contributed by atoms with Gasteiger partial charge in [-0.15, -0.1) is 0 Å². The van der Waals surface area contributed by atoms with E-state index in [0.29, 0.717) is 39.1 Å². The standard InChI is InChI=1S/C26H24BrN3O7S/c1-4-6-18-22(25(33)37-5-2)23(17-13-15(27)7-10-20(17)36-3)29-24(32)21(38-26(29)28-18)12-14-11-16(30(34)35)8-9-19(14)31/h7-13,23,31H,4-6H2,1-3H3/b21-12+/t23-/m1/s1. The fourth-order valence-electron chi connectivity index (χ4n) is 4.25. The van der Waals surface area contributed by atoms with E-state index in [9.17, 15) is 24.8 Å². The first-order valence-corrected chi connectivity index (χ1v) is 13.3. The number of phenolic OH excluding ortho intramolecular Hbond substituents is 1. The second-order valence-electron chi connectivity index (χ2n) is 8.30. The summed E-state index contributed by atoms with van der Waals surface area (Å²) in [5, 5.41) is 21.6. The molecule has 38 heavy (non-hydrogen) atoms. The number of ether oxygens (including phenoxy) is 2. The number of non-ortho nitro benzene ring substituents is 1. The number of esters is 1.